The minimum Gasteiger partial charge on any atom is -0.469 e. The number of alkyl carbamates (subject to hydrolysis) is 1. The van der Waals surface area contributed by atoms with Gasteiger partial charge in [-0.3, -0.25) is 4.99 Å². The van der Waals surface area contributed by atoms with Gasteiger partial charge in [0, 0.05) is 44.6 Å². The number of carbonyl (C=O) groups excluding carboxylic acids is 1. The van der Waals surface area contributed by atoms with Gasteiger partial charge >= 0.3 is 6.09 Å². The molecule has 2 fully saturated rings. The fourth-order valence-electron chi connectivity index (χ4n) is 4.23. The molecule has 3 unspecified atom stereocenters. The van der Waals surface area contributed by atoms with Gasteiger partial charge in [0.2, 0.25) is 0 Å². The molecule has 0 aromatic carbocycles. The molecule has 0 radical (unpaired) electrons. The molecule has 2 N–H and O–H groups in total. The van der Waals surface area contributed by atoms with E-state index in [1.54, 1.807) is 6.26 Å². The van der Waals surface area contributed by atoms with Crippen LogP contribution in [-0.4, -0.2) is 54.8 Å². The van der Waals surface area contributed by atoms with Crippen molar-refractivity contribution in [1.82, 2.24) is 15.5 Å². The van der Waals surface area contributed by atoms with Gasteiger partial charge in [0.25, 0.3) is 0 Å². The van der Waals surface area contributed by atoms with Crippen LogP contribution in [0, 0.1) is 11.8 Å². The largest absolute Gasteiger partial charge is 0.469 e. The van der Waals surface area contributed by atoms with E-state index in [0.29, 0.717) is 24.9 Å². The van der Waals surface area contributed by atoms with E-state index in [2.05, 4.69) is 22.1 Å². The summed E-state index contributed by atoms with van der Waals surface area (Å²) in [6, 6.07) is 4.03. The Balaban J connectivity index is 1.58. The van der Waals surface area contributed by atoms with Crippen LogP contribution in [0.2, 0.25) is 0 Å². The maximum atomic E-state index is 12.2. The molecule has 1 aliphatic carbocycles. The van der Waals surface area contributed by atoms with Gasteiger partial charge in [-0.25, -0.2) is 4.79 Å². The van der Waals surface area contributed by atoms with Gasteiger partial charge in [-0.05, 0) is 51.7 Å². The number of rotatable bonds is 6. The highest BCUT2D eigenvalue weighted by Crippen LogP contribution is 2.38. The lowest BCUT2D eigenvalue weighted by Gasteiger charge is -2.26. The molecule has 7 heteroatoms. The summed E-state index contributed by atoms with van der Waals surface area (Å²) in [6.45, 7) is 12.6. The number of nitrogens with one attached hydrogen (secondary N) is 2. The van der Waals surface area contributed by atoms with Gasteiger partial charge in [0.05, 0.1) is 6.26 Å². The smallest absolute Gasteiger partial charge is 0.407 e. The van der Waals surface area contributed by atoms with Crippen LogP contribution in [0.5, 0.6) is 0 Å². The van der Waals surface area contributed by atoms with Gasteiger partial charge in [0.1, 0.15) is 11.4 Å². The second-order valence-electron chi connectivity index (χ2n) is 8.86. The van der Waals surface area contributed by atoms with Crippen molar-refractivity contribution in [3.63, 3.8) is 0 Å². The lowest BCUT2D eigenvalue weighted by Crippen LogP contribution is -2.44. The van der Waals surface area contributed by atoms with E-state index in [9.17, 15) is 4.79 Å². The number of guanidine groups is 1. The van der Waals surface area contributed by atoms with Crippen LogP contribution >= 0.6 is 0 Å². The third-order valence-corrected chi connectivity index (χ3v) is 5.46. The average molecular weight is 403 g/mol. The summed E-state index contributed by atoms with van der Waals surface area (Å²) in [4.78, 5) is 19.3. The van der Waals surface area contributed by atoms with Crippen molar-refractivity contribution in [1.29, 1.82) is 0 Å². The van der Waals surface area contributed by atoms with Crippen molar-refractivity contribution >= 4 is 12.1 Å². The second-order valence-corrected chi connectivity index (χ2v) is 8.86. The molecule has 1 aromatic heterocycles. The van der Waals surface area contributed by atoms with Crippen LogP contribution in [0.15, 0.2) is 40.5 Å². The number of hydrogen-bond donors (Lipinski definition) is 2. The van der Waals surface area contributed by atoms with E-state index >= 15 is 0 Å². The SMILES string of the molecule is C=CCNC(=NCCc1ccco1)N1CC2CCC(NC(=O)OC(C)(C)C)C2C1. The number of aliphatic imine (C=N–C) groups is 1. The zero-order chi connectivity index (χ0) is 20.9. The second kappa shape index (κ2) is 9.37. The van der Waals surface area contributed by atoms with Crippen molar-refractivity contribution in [3.8, 4) is 0 Å². The van der Waals surface area contributed by atoms with E-state index in [4.69, 9.17) is 14.1 Å². The Morgan fingerprint density at radius 2 is 2.24 bits per heavy atom. The Labute approximate surface area is 173 Å². The third-order valence-electron chi connectivity index (χ3n) is 5.46. The molecule has 1 saturated heterocycles. The minimum absolute atomic E-state index is 0.156. The highest BCUT2D eigenvalue weighted by atomic mass is 16.6. The van der Waals surface area contributed by atoms with Crippen LogP contribution in [0.4, 0.5) is 4.79 Å². The quantitative estimate of drug-likeness (QED) is 0.434. The molecule has 29 heavy (non-hydrogen) atoms. The Morgan fingerprint density at radius 1 is 1.41 bits per heavy atom. The van der Waals surface area contributed by atoms with Crippen molar-refractivity contribution in [2.24, 2.45) is 16.8 Å². The fraction of sp³-hybridized carbons (Fsp3) is 0.636. The monoisotopic (exact) mass is 402 g/mol. The molecule has 1 saturated carbocycles. The van der Waals surface area contributed by atoms with Crippen molar-refractivity contribution in [2.75, 3.05) is 26.2 Å². The first-order valence-corrected chi connectivity index (χ1v) is 10.5. The molecular formula is C22H34N4O3. The predicted molar refractivity (Wildman–Crippen MR) is 114 cm³/mol. The summed E-state index contributed by atoms with van der Waals surface area (Å²) in [5.41, 5.74) is -0.480. The normalized spacial score (nSPS) is 24.3. The van der Waals surface area contributed by atoms with E-state index < -0.39 is 5.60 Å². The average Bonchev–Trinajstić information content (AvgIpc) is 3.35. The molecule has 0 spiro atoms. The number of ether oxygens (including phenoxy) is 1. The standard InChI is InChI=1S/C22H34N4O3/c1-5-11-23-20(24-12-10-17-7-6-13-28-17)26-14-16-8-9-19(18(16)15-26)25-21(27)29-22(2,3)4/h5-7,13,16,18-19H,1,8-12,14-15H2,2-4H3,(H,23,24)(H,25,27). The molecule has 160 valence electrons. The van der Waals surface area contributed by atoms with Gasteiger partial charge in [0.15, 0.2) is 5.96 Å². The summed E-state index contributed by atoms with van der Waals surface area (Å²) in [5.74, 6) is 2.83. The summed E-state index contributed by atoms with van der Waals surface area (Å²) in [7, 11) is 0. The molecule has 2 aliphatic rings. The van der Waals surface area contributed by atoms with Crippen LogP contribution in [0.25, 0.3) is 0 Å². The van der Waals surface area contributed by atoms with Gasteiger partial charge in [-0.15, -0.1) is 6.58 Å². The van der Waals surface area contributed by atoms with Crippen LogP contribution in [0.3, 0.4) is 0 Å². The third kappa shape index (κ3) is 6.02. The van der Waals surface area contributed by atoms with Gasteiger partial charge < -0.3 is 24.7 Å². The minimum atomic E-state index is -0.480. The van der Waals surface area contributed by atoms with Crippen molar-refractivity contribution in [2.45, 2.75) is 51.7 Å². The highest BCUT2D eigenvalue weighted by Gasteiger charge is 2.44. The van der Waals surface area contributed by atoms with Crippen molar-refractivity contribution in [3.05, 3.63) is 36.8 Å². The predicted octanol–water partition coefficient (Wildman–Crippen LogP) is 3.19. The molecule has 2 heterocycles. The fourth-order valence-corrected chi connectivity index (χ4v) is 4.23. The van der Waals surface area contributed by atoms with E-state index in [1.807, 2.05) is 39.0 Å². The number of nitrogens with zero attached hydrogens (tertiary/aromatic N) is 2. The Kier molecular flexibility index (Phi) is 6.87. The number of furan rings is 1. The number of likely N-dealkylation sites (tertiary alicyclic amines) is 1. The first kappa shape index (κ1) is 21.3. The van der Waals surface area contributed by atoms with Crippen LogP contribution in [0.1, 0.15) is 39.4 Å². The zero-order valence-electron chi connectivity index (χ0n) is 17.8. The molecular weight excluding hydrogens is 368 g/mol. The summed E-state index contributed by atoms with van der Waals surface area (Å²) >= 11 is 0. The zero-order valence-corrected chi connectivity index (χ0v) is 17.8. The summed E-state index contributed by atoms with van der Waals surface area (Å²) in [5, 5.41) is 6.48. The Bertz CT molecular complexity index is 708. The maximum absolute atomic E-state index is 12.2. The van der Waals surface area contributed by atoms with Crippen molar-refractivity contribution < 1.29 is 13.9 Å². The van der Waals surface area contributed by atoms with Crippen LogP contribution < -0.4 is 10.6 Å². The topological polar surface area (TPSA) is 79.1 Å². The molecule has 1 amide bonds. The molecule has 3 rings (SSSR count). The number of amides is 1. The number of fused-ring (bicyclic) bond motifs is 1. The molecule has 1 aromatic rings. The lowest BCUT2D eigenvalue weighted by atomic mass is 9.98. The lowest BCUT2D eigenvalue weighted by molar-refractivity contribution is 0.0492. The number of hydrogen-bond acceptors (Lipinski definition) is 4. The summed E-state index contributed by atoms with van der Waals surface area (Å²) < 4.78 is 10.8. The number of carbonyl (C=O) groups is 1. The molecule has 1 aliphatic heterocycles. The van der Waals surface area contributed by atoms with E-state index in [-0.39, 0.29) is 12.1 Å². The van der Waals surface area contributed by atoms with E-state index in [1.165, 1.54) is 0 Å². The summed E-state index contributed by atoms with van der Waals surface area (Å²) in [6.07, 6.45) is 6.10. The molecule has 3 atom stereocenters. The molecule has 0 bridgehead atoms. The van der Waals surface area contributed by atoms with E-state index in [0.717, 1.165) is 44.1 Å². The highest BCUT2D eigenvalue weighted by molar-refractivity contribution is 5.80. The first-order valence-electron chi connectivity index (χ1n) is 10.5. The van der Waals surface area contributed by atoms with Gasteiger partial charge in [-0.1, -0.05) is 6.08 Å². The Hall–Kier alpha value is -2.44. The Morgan fingerprint density at radius 3 is 2.93 bits per heavy atom. The van der Waals surface area contributed by atoms with Gasteiger partial charge in [-0.2, -0.15) is 0 Å². The molecule has 7 nitrogen and oxygen atoms in total. The maximum Gasteiger partial charge on any atom is 0.407 e. The first-order chi connectivity index (χ1) is 13.9. The van der Waals surface area contributed by atoms with Crippen LogP contribution in [-0.2, 0) is 11.2 Å².